The largest absolute Gasteiger partial charge is 0.392 e. The van der Waals surface area contributed by atoms with Crippen molar-refractivity contribution in [2.45, 2.75) is 19.6 Å². The Balaban J connectivity index is 2.05. The summed E-state index contributed by atoms with van der Waals surface area (Å²) in [7, 11) is 0. The minimum Gasteiger partial charge on any atom is -0.392 e. The molecule has 0 spiro atoms. The third kappa shape index (κ3) is 3.64. The summed E-state index contributed by atoms with van der Waals surface area (Å²) in [6.07, 6.45) is 7.08. The Hall–Kier alpha value is -3.26. The zero-order chi connectivity index (χ0) is 18.0. The average Bonchev–Trinajstić information content (AvgIpc) is 2.97. The highest BCUT2D eigenvalue weighted by atomic mass is 16.3. The van der Waals surface area contributed by atoms with Gasteiger partial charge in [-0.1, -0.05) is 0 Å². The molecule has 3 aromatic heterocycles. The van der Waals surface area contributed by atoms with Crippen molar-refractivity contribution in [2.75, 3.05) is 0 Å². The molecule has 3 heterocycles. The summed E-state index contributed by atoms with van der Waals surface area (Å²) in [6, 6.07) is 3.08. The molecule has 128 valence electrons. The summed E-state index contributed by atoms with van der Waals surface area (Å²) in [5, 5.41) is 9.51. The first kappa shape index (κ1) is 16.6. The smallest absolute Gasteiger partial charge is 0.250 e. The normalized spacial score (nSPS) is 12.7. The number of nitrogens with two attached hydrogens (primary N) is 1. The number of carbonyl (C=O) groups is 1. The number of rotatable bonds is 5. The Labute approximate surface area is 142 Å². The summed E-state index contributed by atoms with van der Waals surface area (Å²) >= 11 is 0. The number of aromatic nitrogens is 4. The summed E-state index contributed by atoms with van der Waals surface area (Å²) in [6.45, 7) is 1.81. The van der Waals surface area contributed by atoms with Gasteiger partial charge in [-0.3, -0.25) is 9.59 Å². The van der Waals surface area contributed by atoms with E-state index in [1.54, 1.807) is 37.7 Å². The fourth-order valence-electron chi connectivity index (χ4n) is 2.46. The Morgan fingerprint density at radius 3 is 3.00 bits per heavy atom. The average molecular weight is 339 g/mol. The second-order valence-electron chi connectivity index (χ2n) is 5.69. The van der Waals surface area contributed by atoms with Gasteiger partial charge in [-0.05, 0) is 19.1 Å². The molecule has 8 heteroatoms. The first-order chi connectivity index (χ1) is 11.9. The van der Waals surface area contributed by atoms with Gasteiger partial charge in [0.1, 0.15) is 5.52 Å². The van der Waals surface area contributed by atoms with Gasteiger partial charge in [0.15, 0.2) is 5.65 Å². The quantitative estimate of drug-likeness (QED) is 0.589. The molecule has 0 saturated heterocycles. The lowest BCUT2D eigenvalue weighted by molar-refractivity contribution is -0.113. The van der Waals surface area contributed by atoms with Crippen molar-refractivity contribution in [3.63, 3.8) is 0 Å². The Morgan fingerprint density at radius 1 is 1.48 bits per heavy atom. The number of pyridine rings is 1. The lowest BCUT2D eigenvalue weighted by atomic mass is 10.2. The van der Waals surface area contributed by atoms with E-state index in [9.17, 15) is 14.7 Å². The molecule has 3 rings (SSSR count). The van der Waals surface area contributed by atoms with Crippen LogP contribution in [0.3, 0.4) is 0 Å². The Bertz CT molecular complexity index is 1020. The van der Waals surface area contributed by atoms with Gasteiger partial charge >= 0.3 is 0 Å². The van der Waals surface area contributed by atoms with Gasteiger partial charge in [0.05, 0.1) is 24.5 Å². The van der Waals surface area contributed by atoms with Crippen LogP contribution in [-0.4, -0.2) is 36.6 Å². The summed E-state index contributed by atoms with van der Waals surface area (Å²) in [4.78, 5) is 34.6. The van der Waals surface area contributed by atoms with Gasteiger partial charge < -0.3 is 20.4 Å². The molecule has 3 aromatic rings. The van der Waals surface area contributed by atoms with E-state index < -0.39 is 12.0 Å². The lowest BCUT2D eigenvalue weighted by Crippen LogP contribution is -2.24. The van der Waals surface area contributed by atoms with Crippen molar-refractivity contribution in [3.05, 3.63) is 52.7 Å². The number of hydrogen-bond donors (Lipinski definition) is 3. The molecular formula is C17H17N5O3. The molecule has 0 bridgehead atoms. The number of aromatic amines is 1. The van der Waals surface area contributed by atoms with Gasteiger partial charge in [-0.15, -0.1) is 0 Å². The number of amides is 1. The van der Waals surface area contributed by atoms with E-state index in [1.165, 1.54) is 16.7 Å². The Kier molecular flexibility index (Phi) is 4.44. The van der Waals surface area contributed by atoms with Crippen molar-refractivity contribution < 1.29 is 9.90 Å². The Morgan fingerprint density at radius 2 is 2.28 bits per heavy atom. The SMILES string of the molecule is C[C@H](O)Cn1cc(-c2cnc3[nH]cc(C=CC(N)=O)c3n2)ccc1=O. The second-order valence-corrected chi connectivity index (χ2v) is 5.69. The zero-order valence-corrected chi connectivity index (χ0v) is 13.5. The predicted octanol–water partition coefficient (Wildman–Crippen LogP) is 0.666. The summed E-state index contributed by atoms with van der Waals surface area (Å²) in [5.41, 5.74) is 8.02. The van der Waals surface area contributed by atoms with E-state index >= 15 is 0 Å². The second kappa shape index (κ2) is 6.70. The van der Waals surface area contributed by atoms with Gasteiger partial charge in [0.2, 0.25) is 5.91 Å². The number of hydrogen-bond acceptors (Lipinski definition) is 5. The van der Waals surface area contributed by atoms with E-state index in [2.05, 4.69) is 15.0 Å². The van der Waals surface area contributed by atoms with E-state index in [4.69, 9.17) is 5.73 Å². The van der Waals surface area contributed by atoms with E-state index in [-0.39, 0.29) is 12.1 Å². The molecule has 25 heavy (non-hydrogen) atoms. The van der Waals surface area contributed by atoms with Gasteiger partial charge in [0, 0.05) is 35.7 Å². The fraction of sp³-hybridized carbons (Fsp3) is 0.176. The minimum absolute atomic E-state index is 0.194. The summed E-state index contributed by atoms with van der Waals surface area (Å²) in [5.74, 6) is -0.552. The van der Waals surface area contributed by atoms with E-state index in [1.807, 2.05) is 0 Å². The first-order valence-corrected chi connectivity index (χ1v) is 7.64. The highest BCUT2D eigenvalue weighted by molar-refractivity contribution is 5.93. The number of carbonyl (C=O) groups excluding carboxylic acids is 1. The molecule has 8 nitrogen and oxygen atoms in total. The van der Waals surface area contributed by atoms with Crippen molar-refractivity contribution in [2.24, 2.45) is 5.73 Å². The number of nitrogens with one attached hydrogen (secondary N) is 1. The highest BCUT2D eigenvalue weighted by Gasteiger charge is 2.09. The van der Waals surface area contributed by atoms with Crippen LogP contribution < -0.4 is 11.3 Å². The van der Waals surface area contributed by atoms with Gasteiger partial charge in [-0.25, -0.2) is 9.97 Å². The van der Waals surface area contributed by atoms with E-state index in [0.717, 1.165) is 0 Å². The molecular weight excluding hydrogens is 322 g/mol. The third-order valence-electron chi connectivity index (χ3n) is 3.58. The first-order valence-electron chi connectivity index (χ1n) is 7.64. The molecule has 4 N–H and O–H groups in total. The van der Waals surface area contributed by atoms with Crippen LogP contribution in [0.4, 0.5) is 0 Å². The lowest BCUT2D eigenvalue weighted by Gasteiger charge is -2.09. The van der Waals surface area contributed by atoms with Crippen molar-refractivity contribution in [1.29, 1.82) is 0 Å². The fourth-order valence-corrected chi connectivity index (χ4v) is 2.46. The maximum atomic E-state index is 11.9. The molecule has 0 fully saturated rings. The molecule has 0 aromatic carbocycles. The standard InChI is InChI=1S/C17H17N5O3/c1-10(23)8-22-9-12(3-5-15(22)25)13-7-20-17-16(21-13)11(6-19-17)2-4-14(18)24/h2-7,9-10,23H,8H2,1H3,(H2,18,24)(H,19,20)/t10-/m0/s1. The molecule has 0 unspecified atom stereocenters. The predicted molar refractivity (Wildman–Crippen MR) is 93.5 cm³/mol. The monoisotopic (exact) mass is 339 g/mol. The molecule has 1 atom stereocenters. The van der Waals surface area contributed by atoms with Crippen molar-refractivity contribution >= 4 is 23.1 Å². The van der Waals surface area contributed by atoms with Crippen molar-refractivity contribution in [3.8, 4) is 11.3 Å². The van der Waals surface area contributed by atoms with Gasteiger partial charge in [-0.2, -0.15) is 0 Å². The number of aliphatic hydroxyl groups excluding tert-OH is 1. The van der Waals surface area contributed by atoms with E-state index in [0.29, 0.717) is 28.0 Å². The maximum Gasteiger partial charge on any atom is 0.250 e. The van der Waals surface area contributed by atoms with Crippen LogP contribution in [0.1, 0.15) is 12.5 Å². The van der Waals surface area contributed by atoms with Crippen LogP contribution in [0, 0.1) is 0 Å². The molecule has 0 aliphatic carbocycles. The van der Waals surface area contributed by atoms with Crippen LogP contribution in [0.25, 0.3) is 28.5 Å². The number of fused-ring (bicyclic) bond motifs is 1. The number of aliphatic hydroxyl groups is 1. The highest BCUT2D eigenvalue weighted by Crippen LogP contribution is 2.21. The summed E-state index contributed by atoms with van der Waals surface area (Å²) < 4.78 is 1.43. The number of primary amides is 1. The molecule has 1 amide bonds. The van der Waals surface area contributed by atoms with Crippen molar-refractivity contribution in [1.82, 2.24) is 19.5 Å². The minimum atomic E-state index is -0.642. The number of H-pyrrole nitrogens is 1. The maximum absolute atomic E-state index is 11.9. The van der Waals surface area contributed by atoms with Crippen LogP contribution in [0.5, 0.6) is 0 Å². The van der Waals surface area contributed by atoms with Crippen LogP contribution in [0.15, 0.2) is 41.6 Å². The van der Waals surface area contributed by atoms with Crippen LogP contribution in [0.2, 0.25) is 0 Å². The van der Waals surface area contributed by atoms with Crippen LogP contribution >= 0.6 is 0 Å². The molecule has 0 aliphatic rings. The molecule has 0 radical (unpaired) electrons. The van der Waals surface area contributed by atoms with Crippen LogP contribution in [-0.2, 0) is 11.3 Å². The topological polar surface area (TPSA) is 127 Å². The zero-order valence-electron chi connectivity index (χ0n) is 13.5. The molecule has 0 saturated carbocycles. The third-order valence-corrected chi connectivity index (χ3v) is 3.58. The molecule has 0 aliphatic heterocycles. The van der Waals surface area contributed by atoms with Gasteiger partial charge in [0.25, 0.3) is 5.56 Å². The number of nitrogens with zero attached hydrogens (tertiary/aromatic N) is 3.